The van der Waals surface area contributed by atoms with Crippen LogP contribution in [0.15, 0.2) is 23.1 Å². The zero-order valence-electron chi connectivity index (χ0n) is 12.1. The van der Waals surface area contributed by atoms with Crippen molar-refractivity contribution in [3.8, 4) is 0 Å². The molecule has 0 unspecified atom stereocenters. The standard InChI is InChI=1S/C14H17ClN2O4S/c1-22(20,21)12-8-10(4-5-11(12)15)14(19)16-9-13(18)17-6-2-3-7-17/h4-5,8H,2-3,6-7,9H2,1H3,(H,16,19). The molecule has 120 valence electrons. The zero-order valence-corrected chi connectivity index (χ0v) is 13.7. The lowest BCUT2D eigenvalue weighted by Crippen LogP contribution is -2.38. The molecule has 2 amide bonds. The minimum atomic E-state index is -3.52. The van der Waals surface area contributed by atoms with Crippen LogP contribution in [0.4, 0.5) is 0 Å². The van der Waals surface area contributed by atoms with Crippen LogP contribution in [0.25, 0.3) is 0 Å². The molecule has 22 heavy (non-hydrogen) atoms. The molecule has 1 aromatic carbocycles. The summed E-state index contributed by atoms with van der Waals surface area (Å²) in [6, 6.07) is 4.00. The van der Waals surface area contributed by atoms with Crippen LogP contribution in [-0.4, -0.2) is 51.0 Å². The second-order valence-corrected chi connectivity index (χ2v) is 7.58. The molecule has 1 aromatic rings. The normalized spacial score (nSPS) is 14.9. The van der Waals surface area contributed by atoms with E-state index in [4.69, 9.17) is 11.6 Å². The average molecular weight is 345 g/mol. The second-order valence-electron chi connectivity index (χ2n) is 5.19. The van der Waals surface area contributed by atoms with E-state index in [1.54, 1.807) is 4.90 Å². The maximum atomic E-state index is 12.0. The van der Waals surface area contributed by atoms with E-state index in [9.17, 15) is 18.0 Å². The van der Waals surface area contributed by atoms with Crippen molar-refractivity contribution in [2.75, 3.05) is 25.9 Å². The van der Waals surface area contributed by atoms with Crippen molar-refractivity contribution in [2.24, 2.45) is 0 Å². The van der Waals surface area contributed by atoms with Gasteiger partial charge < -0.3 is 10.2 Å². The van der Waals surface area contributed by atoms with E-state index in [2.05, 4.69) is 5.32 Å². The molecular formula is C14H17ClN2O4S. The first-order chi connectivity index (χ1) is 10.3. The fourth-order valence-electron chi connectivity index (χ4n) is 2.27. The Kier molecular flexibility index (Phi) is 5.08. The van der Waals surface area contributed by atoms with Crippen LogP contribution in [0.2, 0.25) is 5.02 Å². The third-order valence-electron chi connectivity index (χ3n) is 3.45. The largest absolute Gasteiger partial charge is 0.343 e. The molecule has 0 aromatic heterocycles. The van der Waals surface area contributed by atoms with Gasteiger partial charge in [0.05, 0.1) is 16.5 Å². The van der Waals surface area contributed by atoms with Gasteiger partial charge >= 0.3 is 0 Å². The predicted octanol–water partition coefficient (Wildman–Crippen LogP) is 1.10. The van der Waals surface area contributed by atoms with Crippen molar-refractivity contribution < 1.29 is 18.0 Å². The Balaban J connectivity index is 2.05. The molecule has 0 spiro atoms. The third-order valence-corrected chi connectivity index (χ3v) is 5.03. The molecule has 2 rings (SSSR count). The highest BCUT2D eigenvalue weighted by atomic mass is 35.5. The third kappa shape index (κ3) is 3.98. The molecule has 1 aliphatic heterocycles. The molecule has 1 N–H and O–H groups in total. The van der Waals surface area contributed by atoms with Crippen LogP contribution >= 0.6 is 11.6 Å². The van der Waals surface area contributed by atoms with Gasteiger partial charge in [0.2, 0.25) is 5.91 Å². The number of likely N-dealkylation sites (tertiary alicyclic amines) is 1. The minimum Gasteiger partial charge on any atom is -0.343 e. The molecule has 0 saturated carbocycles. The maximum absolute atomic E-state index is 12.0. The lowest BCUT2D eigenvalue weighted by atomic mass is 10.2. The van der Waals surface area contributed by atoms with Crippen molar-refractivity contribution in [3.05, 3.63) is 28.8 Å². The number of rotatable bonds is 4. The van der Waals surface area contributed by atoms with Crippen LogP contribution in [0.1, 0.15) is 23.2 Å². The summed E-state index contributed by atoms with van der Waals surface area (Å²) in [5.74, 6) is -0.641. The molecule has 0 atom stereocenters. The van der Waals surface area contributed by atoms with Gasteiger partial charge in [0.25, 0.3) is 5.91 Å². The monoisotopic (exact) mass is 344 g/mol. The van der Waals surface area contributed by atoms with Crippen molar-refractivity contribution in [1.82, 2.24) is 10.2 Å². The van der Waals surface area contributed by atoms with Gasteiger partial charge in [-0.25, -0.2) is 8.42 Å². The van der Waals surface area contributed by atoms with E-state index in [-0.39, 0.29) is 27.9 Å². The maximum Gasteiger partial charge on any atom is 0.251 e. The Morgan fingerprint density at radius 2 is 1.91 bits per heavy atom. The smallest absolute Gasteiger partial charge is 0.251 e. The van der Waals surface area contributed by atoms with Crippen LogP contribution in [0.5, 0.6) is 0 Å². The zero-order chi connectivity index (χ0) is 16.3. The van der Waals surface area contributed by atoms with Crippen molar-refractivity contribution in [2.45, 2.75) is 17.7 Å². The first kappa shape index (κ1) is 16.8. The number of nitrogens with one attached hydrogen (secondary N) is 1. The molecule has 0 aliphatic carbocycles. The van der Waals surface area contributed by atoms with Gasteiger partial charge in [0.15, 0.2) is 9.84 Å². The van der Waals surface area contributed by atoms with E-state index < -0.39 is 15.7 Å². The van der Waals surface area contributed by atoms with E-state index in [1.165, 1.54) is 18.2 Å². The number of halogens is 1. The molecule has 0 radical (unpaired) electrons. The van der Waals surface area contributed by atoms with Gasteiger partial charge in [-0.2, -0.15) is 0 Å². The highest BCUT2D eigenvalue weighted by Gasteiger charge is 2.19. The number of hydrogen-bond donors (Lipinski definition) is 1. The Morgan fingerprint density at radius 3 is 2.50 bits per heavy atom. The van der Waals surface area contributed by atoms with Gasteiger partial charge in [0.1, 0.15) is 0 Å². The van der Waals surface area contributed by atoms with E-state index in [1.807, 2.05) is 0 Å². The lowest BCUT2D eigenvalue weighted by Gasteiger charge is -2.15. The van der Waals surface area contributed by atoms with E-state index in [0.717, 1.165) is 19.1 Å². The van der Waals surface area contributed by atoms with Gasteiger partial charge in [-0.05, 0) is 31.0 Å². The highest BCUT2D eigenvalue weighted by Crippen LogP contribution is 2.22. The van der Waals surface area contributed by atoms with Crippen LogP contribution < -0.4 is 5.32 Å². The number of benzene rings is 1. The van der Waals surface area contributed by atoms with Crippen molar-refractivity contribution >= 4 is 33.3 Å². The Labute approximate surface area is 134 Å². The predicted molar refractivity (Wildman–Crippen MR) is 82.7 cm³/mol. The number of carbonyl (C=O) groups is 2. The SMILES string of the molecule is CS(=O)(=O)c1cc(C(=O)NCC(=O)N2CCCC2)ccc1Cl. The summed E-state index contributed by atoms with van der Waals surface area (Å²) in [6.45, 7) is 1.33. The molecule has 6 nitrogen and oxygen atoms in total. The number of hydrogen-bond acceptors (Lipinski definition) is 4. The second kappa shape index (κ2) is 6.66. The summed E-state index contributed by atoms with van der Waals surface area (Å²) in [5.41, 5.74) is 0.152. The van der Waals surface area contributed by atoms with Crippen molar-refractivity contribution in [3.63, 3.8) is 0 Å². The van der Waals surface area contributed by atoms with E-state index >= 15 is 0 Å². The highest BCUT2D eigenvalue weighted by molar-refractivity contribution is 7.90. The molecule has 1 saturated heterocycles. The summed E-state index contributed by atoms with van der Waals surface area (Å²) in [5, 5.41) is 2.57. The topological polar surface area (TPSA) is 83.5 Å². The summed E-state index contributed by atoms with van der Waals surface area (Å²) in [4.78, 5) is 25.5. The Bertz CT molecular complexity index is 697. The molecule has 1 fully saturated rings. The van der Waals surface area contributed by atoms with Crippen LogP contribution in [0.3, 0.4) is 0 Å². The fraction of sp³-hybridized carbons (Fsp3) is 0.429. The molecular weight excluding hydrogens is 328 g/mol. The molecule has 1 heterocycles. The quantitative estimate of drug-likeness (QED) is 0.886. The molecule has 8 heteroatoms. The van der Waals surface area contributed by atoms with Gasteiger partial charge in [-0.1, -0.05) is 11.6 Å². The van der Waals surface area contributed by atoms with Gasteiger partial charge in [-0.3, -0.25) is 9.59 Å². The number of nitrogens with zero attached hydrogens (tertiary/aromatic N) is 1. The van der Waals surface area contributed by atoms with Crippen LogP contribution in [0, 0.1) is 0 Å². The number of amides is 2. The molecule has 1 aliphatic rings. The Hall–Kier alpha value is -1.60. The summed E-state index contributed by atoms with van der Waals surface area (Å²) < 4.78 is 23.2. The number of carbonyl (C=O) groups excluding carboxylic acids is 2. The lowest BCUT2D eigenvalue weighted by molar-refractivity contribution is -0.129. The van der Waals surface area contributed by atoms with Crippen LogP contribution in [-0.2, 0) is 14.6 Å². The fourth-order valence-corrected chi connectivity index (χ4v) is 3.57. The van der Waals surface area contributed by atoms with Gasteiger partial charge in [0, 0.05) is 24.9 Å². The van der Waals surface area contributed by atoms with Crippen molar-refractivity contribution in [1.29, 1.82) is 0 Å². The first-order valence-electron chi connectivity index (χ1n) is 6.84. The van der Waals surface area contributed by atoms with E-state index in [0.29, 0.717) is 13.1 Å². The first-order valence-corrected chi connectivity index (χ1v) is 9.11. The summed E-state index contributed by atoms with van der Waals surface area (Å²) in [7, 11) is -3.52. The Morgan fingerprint density at radius 1 is 1.27 bits per heavy atom. The summed E-state index contributed by atoms with van der Waals surface area (Å²) >= 11 is 5.83. The summed E-state index contributed by atoms with van der Waals surface area (Å²) in [6.07, 6.45) is 2.98. The molecule has 0 bridgehead atoms. The average Bonchev–Trinajstić information content (AvgIpc) is 2.97. The number of sulfone groups is 1. The van der Waals surface area contributed by atoms with Gasteiger partial charge in [-0.15, -0.1) is 0 Å². The minimum absolute atomic E-state index is 0.0622.